The Morgan fingerprint density at radius 1 is 0.889 bits per heavy atom. The summed E-state index contributed by atoms with van der Waals surface area (Å²) in [5.41, 5.74) is 1.75. The maximum atomic E-state index is 13.9. The molecule has 0 radical (unpaired) electrons. The van der Waals surface area contributed by atoms with E-state index in [1.54, 1.807) is 30.3 Å². The van der Waals surface area contributed by atoms with Crippen molar-refractivity contribution < 1.29 is 19.3 Å². The van der Waals surface area contributed by atoms with Crippen molar-refractivity contribution >= 4 is 52.3 Å². The largest absolute Gasteiger partial charge is 0.352 e. The average Bonchev–Trinajstić information content (AvgIpc) is 3.37. The number of benzene rings is 3. The lowest BCUT2D eigenvalue weighted by molar-refractivity contribution is -0.384. The summed E-state index contributed by atoms with van der Waals surface area (Å²) < 4.78 is 0. The van der Waals surface area contributed by atoms with Gasteiger partial charge in [-0.25, -0.2) is 4.90 Å². The summed E-state index contributed by atoms with van der Waals surface area (Å²) in [6.45, 7) is 0. The normalized spacial score (nSPS) is 23.9. The number of amides is 2. The van der Waals surface area contributed by atoms with Gasteiger partial charge in [0.25, 0.3) is 5.69 Å². The van der Waals surface area contributed by atoms with E-state index in [0.717, 1.165) is 22.2 Å². The van der Waals surface area contributed by atoms with Crippen molar-refractivity contribution in [3.8, 4) is 0 Å². The molecule has 8 nitrogen and oxygen atoms in total. The maximum Gasteiger partial charge on any atom is 0.271 e. The summed E-state index contributed by atoms with van der Waals surface area (Å²) in [6, 6.07) is 18.3. The van der Waals surface area contributed by atoms with Crippen molar-refractivity contribution in [1.82, 2.24) is 0 Å². The number of nitro benzene ring substituents is 1. The summed E-state index contributed by atoms with van der Waals surface area (Å²) in [7, 11) is 0. The zero-order valence-electron chi connectivity index (χ0n) is 18.7. The molecular formula is C27H18ClN3O5. The number of imide groups is 1. The molecule has 178 valence electrons. The number of anilines is 2. The minimum atomic E-state index is -0.985. The summed E-state index contributed by atoms with van der Waals surface area (Å²) in [6.07, 6.45) is 3.74. The SMILES string of the molecule is O=C(c1ccccc1)[C@H]1[C@@H]2C(=O)N(c3cc([N+](=O)[O-])ccc3Cl)C(=O)[C@@H]2[C@H]2C=Cc3ccccc3N21. The molecule has 4 atom stereocenters. The Balaban J connectivity index is 1.50. The van der Waals surface area contributed by atoms with E-state index in [2.05, 4.69) is 0 Å². The van der Waals surface area contributed by atoms with Crippen LogP contribution in [-0.2, 0) is 9.59 Å². The fourth-order valence-electron chi connectivity index (χ4n) is 5.61. The predicted molar refractivity (Wildman–Crippen MR) is 134 cm³/mol. The number of nitro groups is 1. The van der Waals surface area contributed by atoms with E-state index in [0.29, 0.717) is 5.56 Å². The van der Waals surface area contributed by atoms with Gasteiger partial charge in [0.15, 0.2) is 5.78 Å². The van der Waals surface area contributed by atoms with Crippen molar-refractivity contribution in [1.29, 1.82) is 0 Å². The highest BCUT2D eigenvalue weighted by Gasteiger charge is 2.64. The van der Waals surface area contributed by atoms with E-state index in [-0.39, 0.29) is 22.2 Å². The monoisotopic (exact) mass is 499 g/mol. The van der Waals surface area contributed by atoms with Crippen molar-refractivity contribution in [2.45, 2.75) is 12.1 Å². The quantitative estimate of drug-likeness (QED) is 0.226. The van der Waals surface area contributed by atoms with Gasteiger partial charge in [0, 0.05) is 23.4 Å². The minimum absolute atomic E-state index is 0.0367. The molecule has 0 N–H and O–H groups in total. The topological polar surface area (TPSA) is 101 Å². The van der Waals surface area contributed by atoms with Gasteiger partial charge in [-0.1, -0.05) is 72.3 Å². The number of ketones is 1. The number of Topliss-reactive ketones (excluding diaryl/α,β-unsaturated/α-hetero) is 1. The first kappa shape index (κ1) is 22.2. The molecule has 0 aromatic heterocycles. The molecule has 0 saturated carbocycles. The van der Waals surface area contributed by atoms with E-state index >= 15 is 0 Å². The van der Waals surface area contributed by atoms with Crippen LogP contribution in [0.1, 0.15) is 15.9 Å². The van der Waals surface area contributed by atoms with Crippen molar-refractivity contribution in [3.63, 3.8) is 0 Å². The first-order valence-corrected chi connectivity index (χ1v) is 11.7. The average molecular weight is 500 g/mol. The number of nitrogens with zero attached hydrogens (tertiary/aromatic N) is 3. The van der Waals surface area contributed by atoms with E-state index in [1.165, 1.54) is 12.1 Å². The Morgan fingerprint density at radius 3 is 2.33 bits per heavy atom. The third-order valence-corrected chi connectivity index (χ3v) is 7.44. The molecule has 0 bridgehead atoms. The summed E-state index contributed by atoms with van der Waals surface area (Å²) in [5, 5.41) is 11.4. The van der Waals surface area contributed by atoms with Gasteiger partial charge in [-0.2, -0.15) is 0 Å². The lowest BCUT2D eigenvalue weighted by Gasteiger charge is -2.36. The highest BCUT2D eigenvalue weighted by atomic mass is 35.5. The summed E-state index contributed by atoms with van der Waals surface area (Å²) >= 11 is 6.31. The van der Waals surface area contributed by atoms with Crippen LogP contribution < -0.4 is 9.80 Å². The van der Waals surface area contributed by atoms with Crippen molar-refractivity contribution in [2.75, 3.05) is 9.80 Å². The Kier molecular flexibility index (Phi) is 5.01. The molecule has 3 aliphatic rings. The van der Waals surface area contributed by atoms with E-state index in [4.69, 9.17) is 11.6 Å². The molecule has 2 saturated heterocycles. The molecule has 0 unspecified atom stereocenters. The zero-order valence-corrected chi connectivity index (χ0v) is 19.4. The van der Waals surface area contributed by atoms with Gasteiger partial charge in [-0.3, -0.25) is 24.5 Å². The van der Waals surface area contributed by atoms with Crippen LogP contribution in [0.2, 0.25) is 5.02 Å². The van der Waals surface area contributed by atoms with Gasteiger partial charge < -0.3 is 4.90 Å². The highest BCUT2D eigenvalue weighted by molar-refractivity contribution is 6.36. The molecule has 36 heavy (non-hydrogen) atoms. The smallest absolute Gasteiger partial charge is 0.271 e. The van der Waals surface area contributed by atoms with Gasteiger partial charge in [0.1, 0.15) is 6.04 Å². The Morgan fingerprint density at radius 2 is 1.58 bits per heavy atom. The number of carbonyl (C=O) groups is 3. The standard InChI is InChI=1S/C27H18ClN3O5/c28-18-12-11-17(31(35)36)14-21(18)30-26(33)22-20-13-10-15-6-4-5-9-19(15)29(20)24(23(22)27(30)34)25(32)16-7-2-1-3-8-16/h1-14,20,22-24H/t20-,22-,23-,24-/m1/s1. The zero-order chi connectivity index (χ0) is 25.1. The maximum absolute atomic E-state index is 13.9. The minimum Gasteiger partial charge on any atom is -0.352 e. The van der Waals surface area contributed by atoms with E-state index in [1.807, 2.05) is 41.3 Å². The van der Waals surface area contributed by atoms with Crippen LogP contribution in [0.4, 0.5) is 17.1 Å². The third-order valence-electron chi connectivity index (χ3n) is 7.12. The molecule has 2 fully saturated rings. The van der Waals surface area contributed by atoms with Crippen molar-refractivity contribution in [2.24, 2.45) is 11.8 Å². The lowest BCUT2D eigenvalue weighted by Crippen LogP contribution is -2.48. The predicted octanol–water partition coefficient (Wildman–Crippen LogP) is 4.52. The van der Waals surface area contributed by atoms with Crippen molar-refractivity contribution in [3.05, 3.63) is 105 Å². The van der Waals surface area contributed by atoms with Gasteiger partial charge in [0.05, 0.1) is 33.5 Å². The van der Waals surface area contributed by atoms with Crippen LogP contribution in [0, 0.1) is 22.0 Å². The van der Waals surface area contributed by atoms with Crippen LogP contribution in [0.25, 0.3) is 6.08 Å². The van der Waals surface area contributed by atoms with Crippen LogP contribution >= 0.6 is 11.6 Å². The third kappa shape index (κ3) is 3.11. The second-order valence-electron chi connectivity index (χ2n) is 8.95. The summed E-state index contributed by atoms with van der Waals surface area (Å²) in [4.78, 5) is 55.1. The number of rotatable bonds is 4. The lowest BCUT2D eigenvalue weighted by atomic mass is 9.86. The number of carbonyl (C=O) groups excluding carboxylic acids is 3. The Hall–Kier alpha value is -4.30. The number of para-hydroxylation sites is 1. The Bertz CT molecular complexity index is 1490. The first-order chi connectivity index (χ1) is 17.4. The Labute approximate surface area is 210 Å². The van der Waals surface area contributed by atoms with E-state index in [9.17, 15) is 24.5 Å². The molecule has 3 heterocycles. The molecule has 2 amide bonds. The van der Waals surface area contributed by atoms with Gasteiger partial charge in [-0.15, -0.1) is 0 Å². The molecule has 6 rings (SSSR count). The van der Waals surface area contributed by atoms with Crippen LogP contribution in [0.5, 0.6) is 0 Å². The van der Waals surface area contributed by atoms with Gasteiger partial charge in [-0.05, 0) is 17.7 Å². The van der Waals surface area contributed by atoms with Gasteiger partial charge >= 0.3 is 0 Å². The first-order valence-electron chi connectivity index (χ1n) is 11.3. The molecule has 0 spiro atoms. The second-order valence-corrected chi connectivity index (χ2v) is 9.35. The molecule has 3 aromatic rings. The molecule has 3 aliphatic heterocycles. The molecule has 0 aliphatic carbocycles. The number of hydrogen-bond acceptors (Lipinski definition) is 6. The van der Waals surface area contributed by atoms with Crippen LogP contribution in [-0.4, -0.2) is 34.6 Å². The number of hydrogen-bond donors (Lipinski definition) is 0. The second kappa shape index (κ2) is 8.13. The van der Waals surface area contributed by atoms with E-state index < -0.39 is 40.7 Å². The van der Waals surface area contributed by atoms with Crippen LogP contribution in [0.3, 0.4) is 0 Å². The molecular weight excluding hydrogens is 482 g/mol. The number of fused-ring (bicyclic) bond motifs is 5. The number of halogens is 1. The van der Waals surface area contributed by atoms with Gasteiger partial charge in [0.2, 0.25) is 11.8 Å². The fraction of sp³-hybridized carbons (Fsp3) is 0.148. The number of non-ortho nitro benzene ring substituents is 1. The molecule has 3 aromatic carbocycles. The fourth-order valence-corrected chi connectivity index (χ4v) is 5.81. The molecule has 9 heteroatoms. The highest BCUT2D eigenvalue weighted by Crippen LogP contribution is 2.50. The summed E-state index contributed by atoms with van der Waals surface area (Å²) in [5.74, 6) is -3.24. The van der Waals surface area contributed by atoms with Crippen LogP contribution in [0.15, 0.2) is 78.9 Å².